The van der Waals surface area contributed by atoms with E-state index in [4.69, 9.17) is 9.47 Å². The van der Waals surface area contributed by atoms with Gasteiger partial charge in [0.05, 0.1) is 13.2 Å². The second kappa shape index (κ2) is 2.76. The lowest BCUT2D eigenvalue weighted by Crippen LogP contribution is -2.25. The predicted molar refractivity (Wildman–Crippen MR) is 42.3 cm³/mol. The van der Waals surface area contributed by atoms with Crippen molar-refractivity contribution in [2.45, 2.75) is 38.4 Å². The van der Waals surface area contributed by atoms with Crippen molar-refractivity contribution >= 4 is 0 Å². The molecule has 0 bridgehead atoms. The van der Waals surface area contributed by atoms with Crippen LogP contribution in [0, 0.1) is 5.92 Å². The highest BCUT2D eigenvalue weighted by Gasteiger charge is 2.43. The van der Waals surface area contributed by atoms with E-state index in [2.05, 4.69) is 6.92 Å². The number of hydrogen-bond donors (Lipinski definition) is 0. The number of rotatable bonds is 1. The molecule has 2 rings (SSSR count). The fraction of sp³-hybridized carbons (Fsp3) is 1.00. The zero-order valence-electron chi connectivity index (χ0n) is 7.14. The molecule has 0 aromatic heterocycles. The maximum atomic E-state index is 5.68. The van der Waals surface area contributed by atoms with Gasteiger partial charge in [-0.25, -0.2) is 0 Å². The molecule has 11 heavy (non-hydrogen) atoms. The molecule has 2 saturated heterocycles. The molecule has 0 N–H and O–H groups in total. The SMILES string of the molecule is CCC1COC2(CCCO2)C1. The Kier molecular flexibility index (Phi) is 1.90. The van der Waals surface area contributed by atoms with Crippen molar-refractivity contribution in [1.29, 1.82) is 0 Å². The number of ether oxygens (including phenoxy) is 2. The van der Waals surface area contributed by atoms with E-state index < -0.39 is 0 Å². The summed E-state index contributed by atoms with van der Waals surface area (Å²) >= 11 is 0. The van der Waals surface area contributed by atoms with E-state index in [9.17, 15) is 0 Å². The van der Waals surface area contributed by atoms with Crippen molar-refractivity contribution in [3.63, 3.8) is 0 Å². The van der Waals surface area contributed by atoms with Crippen LogP contribution in [0.5, 0.6) is 0 Å². The molecular weight excluding hydrogens is 140 g/mol. The molecule has 2 heteroatoms. The number of hydrogen-bond acceptors (Lipinski definition) is 2. The summed E-state index contributed by atoms with van der Waals surface area (Å²) in [6.07, 6.45) is 4.65. The normalized spacial score (nSPS) is 43.9. The molecule has 0 amide bonds. The Bertz CT molecular complexity index is 138. The van der Waals surface area contributed by atoms with Crippen LogP contribution < -0.4 is 0 Å². The van der Waals surface area contributed by atoms with E-state index in [1.54, 1.807) is 0 Å². The average Bonchev–Trinajstić information content (AvgIpc) is 2.62. The first kappa shape index (κ1) is 7.56. The van der Waals surface area contributed by atoms with Crippen LogP contribution in [0.4, 0.5) is 0 Å². The van der Waals surface area contributed by atoms with Crippen molar-refractivity contribution in [1.82, 2.24) is 0 Å². The fourth-order valence-corrected chi connectivity index (χ4v) is 2.04. The van der Waals surface area contributed by atoms with Gasteiger partial charge in [-0.2, -0.15) is 0 Å². The molecule has 64 valence electrons. The Morgan fingerprint density at radius 1 is 1.45 bits per heavy atom. The molecular formula is C9H16O2. The van der Waals surface area contributed by atoms with Crippen LogP contribution in [0.2, 0.25) is 0 Å². The lowest BCUT2D eigenvalue weighted by atomic mass is 9.99. The second-order valence-electron chi connectivity index (χ2n) is 3.65. The van der Waals surface area contributed by atoms with Crippen molar-refractivity contribution in [3.05, 3.63) is 0 Å². The topological polar surface area (TPSA) is 18.5 Å². The third-order valence-corrected chi connectivity index (χ3v) is 2.83. The van der Waals surface area contributed by atoms with E-state index in [-0.39, 0.29) is 5.79 Å². The van der Waals surface area contributed by atoms with Gasteiger partial charge in [0.15, 0.2) is 5.79 Å². The highest BCUT2D eigenvalue weighted by Crippen LogP contribution is 2.39. The maximum absolute atomic E-state index is 5.68. The third-order valence-electron chi connectivity index (χ3n) is 2.83. The molecule has 2 heterocycles. The van der Waals surface area contributed by atoms with Gasteiger partial charge in [-0.05, 0) is 12.3 Å². The van der Waals surface area contributed by atoms with Crippen LogP contribution in [0.25, 0.3) is 0 Å². The van der Waals surface area contributed by atoms with Crippen LogP contribution in [0.3, 0.4) is 0 Å². The molecule has 2 unspecified atom stereocenters. The molecule has 0 aromatic carbocycles. The minimum Gasteiger partial charge on any atom is -0.350 e. The summed E-state index contributed by atoms with van der Waals surface area (Å²) in [5, 5.41) is 0. The van der Waals surface area contributed by atoms with E-state index in [0.717, 1.165) is 32.0 Å². The zero-order valence-corrected chi connectivity index (χ0v) is 7.14. The summed E-state index contributed by atoms with van der Waals surface area (Å²) in [4.78, 5) is 0. The summed E-state index contributed by atoms with van der Waals surface area (Å²) in [6.45, 7) is 4.04. The monoisotopic (exact) mass is 156 g/mol. The van der Waals surface area contributed by atoms with Crippen molar-refractivity contribution in [2.75, 3.05) is 13.2 Å². The minimum atomic E-state index is -0.138. The van der Waals surface area contributed by atoms with Crippen molar-refractivity contribution in [3.8, 4) is 0 Å². The van der Waals surface area contributed by atoms with Crippen molar-refractivity contribution < 1.29 is 9.47 Å². The molecule has 0 radical (unpaired) electrons. The van der Waals surface area contributed by atoms with Gasteiger partial charge in [-0.3, -0.25) is 0 Å². The van der Waals surface area contributed by atoms with E-state index in [0.29, 0.717) is 0 Å². The Morgan fingerprint density at radius 2 is 2.36 bits per heavy atom. The standard InChI is InChI=1S/C9H16O2/c1-2-8-6-9(11-7-8)4-3-5-10-9/h8H,2-7H2,1H3. The van der Waals surface area contributed by atoms with Crippen LogP contribution in [-0.2, 0) is 9.47 Å². The molecule has 2 aliphatic heterocycles. The summed E-state index contributed by atoms with van der Waals surface area (Å²) in [7, 11) is 0. The second-order valence-corrected chi connectivity index (χ2v) is 3.65. The molecule has 2 fully saturated rings. The molecule has 0 aromatic rings. The fourth-order valence-electron chi connectivity index (χ4n) is 2.04. The summed E-state index contributed by atoms with van der Waals surface area (Å²) in [5.41, 5.74) is 0. The van der Waals surface area contributed by atoms with Gasteiger partial charge in [-0.1, -0.05) is 13.3 Å². The lowest BCUT2D eigenvalue weighted by molar-refractivity contribution is -0.178. The van der Waals surface area contributed by atoms with Crippen LogP contribution in [0.15, 0.2) is 0 Å². The molecule has 0 aliphatic carbocycles. The zero-order chi connectivity index (χ0) is 7.73. The minimum absolute atomic E-state index is 0.138. The quantitative estimate of drug-likeness (QED) is 0.577. The first-order chi connectivity index (χ1) is 5.35. The Labute approximate surface area is 67.9 Å². The van der Waals surface area contributed by atoms with Gasteiger partial charge in [0.25, 0.3) is 0 Å². The largest absolute Gasteiger partial charge is 0.350 e. The first-order valence-corrected chi connectivity index (χ1v) is 4.62. The first-order valence-electron chi connectivity index (χ1n) is 4.62. The highest BCUT2D eigenvalue weighted by molar-refractivity contribution is 4.83. The van der Waals surface area contributed by atoms with E-state index >= 15 is 0 Å². The Hall–Kier alpha value is -0.0800. The molecule has 0 saturated carbocycles. The summed E-state index contributed by atoms with van der Waals surface area (Å²) in [5.74, 6) is 0.605. The molecule has 2 nitrogen and oxygen atoms in total. The van der Waals surface area contributed by atoms with Gasteiger partial charge in [0.2, 0.25) is 0 Å². The van der Waals surface area contributed by atoms with Gasteiger partial charge in [0.1, 0.15) is 0 Å². The molecule has 1 spiro atoms. The van der Waals surface area contributed by atoms with E-state index in [1.165, 1.54) is 12.8 Å². The van der Waals surface area contributed by atoms with Gasteiger partial charge in [0, 0.05) is 12.8 Å². The van der Waals surface area contributed by atoms with Gasteiger partial charge in [-0.15, -0.1) is 0 Å². The lowest BCUT2D eigenvalue weighted by Gasteiger charge is -2.20. The van der Waals surface area contributed by atoms with Gasteiger partial charge < -0.3 is 9.47 Å². The Balaban J connectivity index is 1.96. The smallest absolute Gasteiger partial charge is 0.168 e. The van der Waals surface area contributed by atoms with Crippen LogP contribution in [0.1, 0.15) is 32.6 Å². The maximum Gasteiger partial charge on any atom is 0.168 e. The molecule has 2 aliphatic rings. The summed E-state index contributed by atoms with van der Waals surface area (Å²) < 4.78 is 11.3. The third kappa shape index (κ3) is 1.30. The Morgan fingerprint density at radius 3 is 2.91 bits per heavy atom. The van der Waals surface area contributed by atoms with Crippen LogP contribution >= 0.6 is 0 Å². The highest BCUT2D eigenvalue weighted by atomic mass is 16.7. The summed E-state index contributed by atoms with van der Waals surface area (Å²) in [6, 6.07) is 0. The van der Waals surface area contributed by atoms with Gasteiger partial charge >= 0.3 is 0 Å². The van der Waals surface area contributed by atoms with Crippen LogP contribution in [-0.4, -0.2) is 19.0 Å². The average molecular weight is 156 g/mol. The van der Waals surface area contributed by atoms with E-state index in [1.807, 2.05) is 0 Å². The molecule has 2 atom stereocenters. The predicted octanol–water partition coefficient (Wildman–Crippen LogP) is 1.94. The van der Waals surface area contributed by atoms with Crippen molar-refractivity contribution in [2.24, 2.45) is 5.92 Å².